The molecular weight excluding hydrogens is 418 g/mol. The van der Waals surface area contributed by atoms with Crippen LogP contribution in [0.15, 0.2) is 100 Å². The van der Waals surface area contributed by atoms with Gasteiger partial charge in [-0.15, -0.1) is 11.3 Å². The minimum atomic E-state index is -0.0978. The molecule has 0 aliphatic heterocycles. The van der Waals surface area contributed by atoms with E-state index in [1.165, 1.54) is 11.3 Å². The summed E-state index contributed by atoms with van der Waals surface area (Å²) in [5.74, 6) is 0. The lowest BCUT2D eigenvalue weighted by Gasteiger charge is -2.08. The van der Waals surface area contributed by atoms with Crippen molar-refractivity contribution in [3.63, 3.8) is 0 Å². The van der Waals surface area contributed by atoms with E-state index < -0.39 is 0 Å². The van der Waals surface area contributed by atoms with E-state index in [0.29, 0.717) is 5.69 Å². The molecule has 6 nitrogen and oxygen atoms in total. The first-order valence-electron chi connectivity index (χ1n) is 10.2. The molecule has 0 aliphatic carbocycles. The fourth-order valence-corrected chi connectivity index (χ4v) is 4.67. The third-order valence-electron chi connectivity index (χ3n) is 5.41. The Morgan fingerprint density at radius 3 is 2.25 bits per heavy atom. The molecule has 0 amide bonds. The normalized spacial score (nSPS) is 11.8. The molecule has 0 bridgehead atoms. The first kappa shape index (κ1) is 20.0. The summed E-state index contributed by atoms with van der Waals surface area (Å²) in [7, 11) is 1.90. The van der Waals surface area contributed by atoms with Crippen LogP contribution in [0.3, 0.4) is 0 Å². The van der Waals surface area contributed by atoms with Gasteiger partial charge < -0.3 is 0 Å². The van der Waals surface area contributed by atoms with Crippen LogP contribution in [0, 0.1) is 6.92 Å². The fraction of sp³-hybridized carbons (Fsp3) is 0.0800. The number of hydrogen-bond acceptors (Lipinski definition) is 4. The summed E-state index contributed by atoms with van der Waals surface area (Å²) in [6.07, 6.45) is 3.51. The SMILES string of the molecule is Cc1c(-n2c(-c3ccncc3)csc2=Nc2ccccc2)c(=O)n(-c2ccccc2)n1C. The van der Waals surface area contributed by atoms with Crippen molar-refractivity contribution in [2.45, 2.75) is 6.92 Å². The zero-order valence-electron chi connectivity index (χ0n) is 17.7. The van der Waals surface area contributed by atoms with Crippen LogP contribution in [0.25, 0.3) is 22.6 Å². The standard InChI is InChI=1S/C25H21N5OS/c1-18-23(24(31)30(28(18)2)21-11-7-4-8-12-21)29-22(19-13-15-26-16-14-19)17-32-25(29)27-20-9-5-3-6-10-20/h3-17H,1-2H3. The van der Waals surface area contributed by atoms with Gasteiger partial charge in [0.2, 0.25) is 0 Å². The minimum Gasteiger partial charge on any atom is -0.283 e. The number of pyridine rings is 1. The van der Waals surface area contributed by atoms with Gasteiger partial charge in [-0.2, -0.15) is 0 Å². The molecule has 2 aromatic carbocycles. The fourth-order valence-electron chi connectivity index (χ4n) is 3.75. The van der Waals surface area contributed by atoms with Crippen molar-refractivity contribution in [1.29, 1.82) is 0 Å². The highest BCUT2D eigenvalue weighted by Gasteiger charge is 2.21. The van der Waals surface area contributed by atoms with Crippen LogP contribution < -0.4 is 10.4 Å². The highest BCUT2D eigenvalue weighted by atomic mass is 32.1. The average molecular weight is 440 g/mol. The summed E-state index contributed by atoms with van der Waals surface area (Å²) in [6.45, 7) is 1.96. The van der Waals surface area contributed by atoms with E-state index in [1.807, 2.05) is 101 Å². The molecule has 5 aromatic rings. The quantitative estimate of drug-likeness (QED) is 0.410. The molecule has 3 heterocycles. The molecule has 7 heteroatoms. The van der Waals surface area contributed by atoms with Crippen LogP contribution in [0.4, 0.5) is 5.69 Å². The number of para-hydroxylation sites is 2. The summed E-state index contributed by atoms with van der Waals surface area (Å²) < 4.78 is 5.54. The predicted octanol–water partition coefficient (Wildman–Crippen LogP) is 4.63. The first-order chi connectivity index (χ1) is 15.6. The van der Waals surface area contributed by atoms with Gasteiger partial charge in [-0.3, -0.25) is 19.0 Å². The Hall–Kier alpha value is -3.97. The molecule has 158 valence electrons. The van der Waals surface area contributed by atoms with Crippen LogP contribution in [-0.2, 0) is 7.05 Å². The highest BCUT2D eigenvalue weighted by molar-refractivity contribution is 7.07. The molecule has 0 fully saturated rings. The van der Waals surface area contributed by atoms with Gasteiger partial charge in [0.05, 0.1) is 22.8 Å². The molecular formula is C25H21N5OS. The van der Waals surface area contributed by atoms with Crippen LogP contribution in [0.2, 0.25) is 0 Å². The first-order valence-corrected chi connectivity index (χ1v) is 11.1. The Labute approximate surface area is 189 Å². The molecule has 5 rings (SSSR count). The van der Waals surface area contributed by atoms with Crippen molar-refractivity contribution in [3.05, 3.63) is 111 Å². The third-order valence-corrected chi connectivity index (χ3v) is 6.24. The zero-order valence-corrected chi connectivity index (χ0v) is 18.5. The summed E-state index contributed by atoms with van der Waals surface area (Å²) in [6, 6.07) is 23.3. The van der Waals surface area contributed by atoms with Gasteiger partial charge in [0.25, 0.3) is 5.56 Å². The van der Waals surface area contributed by atoms with E-state index in [2.05, 4.69) is 4.98 Å². The smallest absolute Gasteiger partial charge is 0.283 e. The Morgan fingerprint density at radius 2 is 1.56 bits per heavy atom. The van der Waals surface area contributed by atoms with E-state index in [4.69, 9.17) is 4.99 Å². The molecule has 0 radical (unpaired) electrons. The minimum absolute atomic E-state index is 0.0978. The Morgan fingerprint density at radius 1 is 0.906 bits per heavy atom. The van der Waals surface area contributed by atoms with Crippen LogP contribution >= 0.6 is 11.3 Å². The maximum atomic E-state index is 13.8. The second kappa shape index (κ2) is 8.28. The van der Waals surface area contributed by atoms with Gasteiger partial charge in [-0.25, -0.2) is 9.67 Å². The maximum Gasteiger partial charge on any atom is 0.296 e. The van der Waals surface area contributed by atoms with Crippen LogP contribution in [-0.4, -0.2) is 18.9 Å². The Balaban J connectivity index is 1.83. The molecule has 0 N–H and O–H groups in total. The Bertz CT molecular complexity index is 1490. The number of rotatable bonds is 4. The van der Waals surface area contributed by atoms with Crippen molar-refractivity contribution in [1.82, 2.24) is 18.9 Å². The van der Waals surface area contributed by atoms with Gasteiger partial charge in [0.1, 0.15) is 5.69 Å². The van der Waals surface area contributed by atoms with E-state index in [1.54, 1.807) is 17.1 Å². The van der Waals surface area contributed by atoms with Gasteiger partial charge in [-0.1, -0.05) is 36.4 Å². The summed E-state index contributed by atoms with van der Waals surface area (Å²) >= 11 is 1.51. The number of benzene rings is 2. The van der Waals surface area contributed by atoms with Gasteiger partial charge in [0, 0.05) is 30.4 Å². The second-order valence-corrected chi connectivity index (χ2v) is 8.17. The van der Waals surface area contributed by atoms with E-state index in [9.17, 15) is 4.79 Å². The highest BCUT2D eigenvalue weighted by Crippen LogP contribution is 2.24. The summed E-state index contributed by atoms with van der Waals surface area (Å²) in [5, 5.41) is 2.04. The van der Waals surface area contributed by atoms with E-state index >= 15 is 0 Å². The van der Waals surface area contributed by atoms with Crippen molar-refractivity contribution < 1.29 is 0 Å². The lowest BCUT2D eigenvalue weighted by Crippen LogP contribution is -2.24. The Kier molecular flexibility index (Phi) is 5.17. The largest absolute Gasteiger partial charge is 0.296 e. The third kappa shape index (κ3) is 3.42. The topological polar surface area (TPSA) is 57.1 Å². The second-order valence-electron chi connectivity index (χ2n) is 7.33. The monoisotopic (exact) mass is 439 g/mol. The predicted molar refractivity (Wildman–Crippen MR) is 128 cm³/mol. The molecule has 32 heavy (non-hydrogen) atoms. The number of aromatic nitrogens is 4. The zero-order chi connectivity index (χ0) is 22.1. The van der Waals surface area contributed by atoms with Crippen molar-refractivity contribution in [2.24, 2.45) is 12.0 Å². The molecule has 0 saturated carbocycles. The van der Waals surface area contributed by atoms with E-state index in [-0.39, 0.29) is 5.56 Å². The van der Waals surface area contributed by atoms with Crippen LogP contribution in [0.1, 0.15) is 5.69 Å². The van der Waals surface area contributed by atoms with Crippen molar-refractivity contribution in [3.8, 4) is 22.6 Å². The summed E-state index contributed by atoms with van der Waals surface area (Å²) in [5.41, 5.74) is 4.86. The molecule has 0 saturated heterocycles. The molecule has 0 atom stereocenters. The lowest BCUT2D eigenvalue weighted by molar-refractivity contribution is 0.630. The van der Waals surface area contributed by atoms with Crippen LogP contribution in [0.5, 0.6) is 0 Å². The number of hydrogen-bond donors (Lipinski definition) is 0. The number of nitrogens with zero attached hydrogens (tertiary/aromatic N) is 5. The molecule has 0 unspecified atom stereocenters. The van der Waals surface area contributed by atoms with Gasteiger partial charge >= 0.3 is 0 Å². The van der Waals surface area contributed by atoms with Crippen molar-refractivity contribution in [2.75, 3.05) is 0 Å². The average Bonchev–Trinajstić information content (AvgIpc) is 3.33. The van der Waals surface area contributed by atoms with Gasteiger partial charge in [0.15, 0.2) is 4.80 Å². The van der Waals surface area contributed by atoms with Crippen molar-refractivity contribution >= 4 is 17.0 Å². The molecule has 0 aliphatic rings. The number of thiazole rings is 1. The van der Waals surface area contributed by atoms with E-state index in [0.717, 1.165) is 33.1 Å². The maximum absolute atomic E-state index is 13.8. The molecule has 3 aromatic heterocycles. The molecule has 0 spiro atoms. The van der Waals surface area contributed by atoms with Gasteiger partial charge in [-0.05, 0) is 43.3 Å². The lowest BCUT2D eigenvalue weighted by atomic mass is 10.2. The summed E-state index contributed by atoms with van der Waals surface area (Å²) in [4.78, 5) is 23.5.